The molecule has 2 fully saturated rings. The molecule has 0 atom stereocenters. The predicted molar refractivity (Wildman–Crippen MR) is 132 cm³/mol. The number of rotatable bonds is 5. The summed E-state index contributed by atoms with van der Waals surface area (Å²) in [5, 5.41) is 3.52. The lowest BCUT2D eigenvalue weighted by Crippen LogP contribution is -2.41. The van der Waals surface area contributed by atoms with Crippen molar-refractivity contribution >= 4 is 30.8 Å². The van der Waals surface area contributed by atoms with Gasteiger partial charge in [0.2, 0.25) is 0 Å². The standard InChI is InChI=1S/C25H35B2NO4/c1-22(2)23(3,4)30-26(29-22)19-12-9-11-18(15-19)17-28-21-14-10-13-20(16-21)27-31-24(5,6)25(7,8)32-27/h9-16,28H,17H2,1-8H3. The van der Waals surface area contributed by atoms with Crippen molar-refractivity contribution in [2.24, 2.45) is 0 Å². The molecule has 2 aromatic rings. The molecule has 2 heterocycles. The molecule has 2 aliphatic heterocycles. The molecule has 2 aliphatic rings. The number of hydrogen-bond acceptors (Lipinski definition) is 5. The molecule has 0 amide bonds. The number of anilines is 1. The summed E-state index contributed by atoms with van der Waals surface area (Å²) >= 11 is 0. The molecule has 2 aromatic carbocycles. The third kappa shape index (κ3) is 4.36. The van der Waals surface area contributed by atoms with E-state index in [0.29, 0.717) is 6.54 Å². The molecule has 0 bridgehead atoms. The van der Waals surface area contributed by atoms with Crippen molar-refractivity contribution in [2.75, 3.05) is 5.32 Å². The van der Waals surface area contributed by atoms with Crippen LogP contribution in [0.15, 0.2) is 48.5 Å². The third-order valence-electron chi connectivity index (χ3n) is 7.39. The van der Waals surface area contributed by atoms with Gasteiger partial charge in [-0.05, 0) is 84.0 Å². The Hall–Kier alpha value is -1.79. The Labute approximate surface area is 193 Å². The van der Waals surface area contributed by atoms with E-state index in [9.17, 15) is 0 Å². The molecule has 1 N–H and O–H groups in total. The minimum absolute atomic E-state index is 0.347. The smallest absolute Gasteiger partial charge is 0.399 e. The van der Waals surface area contributed by atoms with Gasteiger partial charge in [0.15, 0.2) is 0 Å². The minimum Gasteiger partial charge on any atom is -0.399 e. The van der Waals surface area contributed by atoms with Crippen LogP contribution in [-0.4, -0.2) is 36.6 Å². The first-order valence-electron chi connectivity index (χ1n) is 11.4. The maximum absolute atomic E-state index is 6.20. The molecular formula is C25H35B2NO4. The quantitative estimate of drug-likeness (QED) is 0.723. The van der Waals surface area contributed by atoms with Crippen molar-refractivity contribution in [3.8, 4) is 0 Å². The van der Waals surface area contributed by atoms with Crippen molar-refractivity contribution in [3.63, 3.8) is 0 Å². The second kappa shape index (κ2) is 7.91. The Balaban J connectivity index is 1.43. The van der Waals surface area contributed by atoms with Gasteiger partial charge in [-0.3, -0.25) is 0 Å². The van der Waals surface area contributed by atoms with Crippen LogP contribution in [0, 0.1) is 0 Å². The summed E-state index contributed by atoms with van der Waals surface area (Å²) in [6.07, 6.45) is 0. The highest BCUT2D eigenvalue weighted by Crippen LogP contribution is 2.37. The zero-order valence-corrected chi connectivity index (χ0v) is 20.6. The van der Waals surface area contributed by atoms with Crippen LogP contribution >= 0.6 is 0 Å². The molecular weight excluding hydrogens is 400 g/mol. The molecule has 5 nitrogen and oxygen atoms in total. The molecule has 0 saturated carbocycles. The molecule has 0 aliphatic carbocycles. The number of nitrogens with one attached hydrogen (secondary N) is 1. The molecule has 0 aromatic heterocycles. The summed E-state index contributed by atoms with van der Waals surface area (Å²) in [5.74, 6) is 0. The molecule has 2 saturated heterocycles. The Morgan fingerprint density at radius 3 is 1.56 bits per heavy atom. The van der Waals surface area contributed by atoms with Gasteiger partial charge in [0.25, 0.3) is 0 Å². The second-order valence-corrected chi connectivity index (χ2v) is 10.9. The van der Waals surface area contributed by atoms with Gasteiger partial charge in [-0.25, -0.2) is 0 Å². The van der Waals surface area contributed by atoms with Gasteiger partial charge >= 0.3 is 14.2 Å². The summed E-state index contributed by atoms with van der Waals surface area (Å²) in [7, 11) is -0.722. The van der Waals surface area contributed by atoms with Crippen LogP contribution in [0.4, 0.5) is 5.69 Å². The summed E-state index contributed by atoms with van der Waals surface area (Å²) in [6, 6.07) is 16.6. The minimum atomic E-state index is -0.367. The first-order valence-corrected chi connectivity index (χ1v) is 11.4. The lowest BCUT2D eigenvalue weighted by atomic mass is 9.78. The van der Waals surface area contributed by atoms with Crippen LogP contribution in [0.25, 0.3) is 0 Å². The van der Waals surface area contributed by atoms with E-state index in [1.807, 2.05) is 12.1 Å². The summed E-state index contributed by atoms with van der Waals surface area (Å²) < 4.78 is 24.8. The first-order chi connectivity index (χ1) is 14.8. The molecule has 170 valence electrons. The van der Waals surface area contributed by atoms with Gasteiger partial charge in [0.05, 0.1) is 22.4 Å². The van der Waals surface area contributed by atoms with E-state index in [1.54, 1.807) is 0 Å². The third-order valence-corrected chi connectivity index (χ3v) is 7.39. The number of hydrogen-bond donors (Lipinski definition) is 1. The maximum Gasteiger partial charge on any atom is 0.494 e. The summed E-state index contributed by atoms with van der Waals surface area (Å²) in [6.45, 7) is 17.3. The molecule has 7 heteroatoms. The zero-order chi connectivity index (χ0) is 23.4. The van der Waals surface area contributed by atoms with Crippen LogP contribution in [0.1, 0.15) is 61.0 Å². The fourth-order valence-corrected chi connectivity index (χ4v) is 3.81. The van der Waals surface area contributed by atoms with Crippen molar-refractivity contribution in [2.45, 2.75) is 84.3 Å². The van der Waals surface area contributed by atoms with Gasteiger partial charge in [0, 0.05) is 12.2 Å². The van der Waals surface area contributed by atoms with Gasteiger partial charge in [0.1, 0.15) is 0 Å². The lowest BCUT2D eigenvalue weighted by molar-refractivity contribution is 0.00578. The van der Waals surface area contributed by atoms with E-state index >= 15 is 0 Å². The molecule has 0 spiro atoms. The predicted octanol–water partition coefficient (Wildman–Crippen LogP) is 3.90. The molecule has 32 heavy (non-hydrogen) atoms. The highest BCUT2D eigenvalue weighted by atomic mass is 16.7. The van der Waals surface area contributed by atoms with E-state index in [4.69, 9.17) is 18.6 Å². The van der Waals surface area contributed by atoms with E-state index in [2.05, 4.69) is 97.1 Å². The zero-order valence-electron chi connectivity index (χ0n) is 20.6. The average molecular weight is 435 g/mol. The largest absolute Gasteiger partial charge is 0.494 e. The van der Waals surface area contributed by atoms with Crippen LogP contribution in [0.3, 0.4) is 0 Å². The SMILES string of the molecule is CC1(C)OB(c2cccc(CNc3cccc(B4OC(C)(C)C(C)(C)O4)c3)c2)OC1(C)C. The summed E-state index contributed by atoms with van der Waals surface area (Å²) in [4.78, 5) is 0. The van der Waals surface area contributed by atoms with Crippen LogP contribution < -0.4 is 16.2 Å². The lowest BCUT2D eigenvalue weighted by Gasteiger charge is -2.32. The van der Waals surface area contributed by atoms with Crippen LogP contribution in [-0.2, 0) is 25.2 Å². The monoisotopic (exact) mass is 435 g/mol. The fourth-order valence-electron chi connectivity index (χ4n) is 3.81. The average Bonchev–Trinajstić information content (AvgIpc) is 3.06. The molecule has 0 unspecified atom stereocenters. The van der Waals surface area contributed by atoms with E-state index in [-0.39, 0.29) is 36.6 Å². The Morgan fingerprint density at radius 2 is 1.06 bits per heavy atom. The summed E-state index contributed by atoms with van der Waals surface area (Å²) in [5.41, 5.74) is 2.84. The normalized spacial score (nSPS) is 22.9. The van der Waals surface area contributed by atoms with Crippen LogP contribution in [0.5, 0.6) is 0 Å². The number of benzene rings is 2. The van der Waals surface area contributed by atoms with Crippen LogP contribution in [0.2, 0.25) is 0 Å². The van der Waals surface area contributed by atoms with Crippen molar-refractivity contribution in [3.05, 3.63) is 54.1 Å². The van der Waals surface area contributed by atoms with E-state index in [1.165, 1.54) is 5.56 Å². The van der Waals surface area contributed by atoms with Gasteiger partial charge in [-0.2, -0.15) is 0 Å². The molecule has 0 radical (unpaired) electrons. The maximum atomic E-state index is 6.20. The fraction of sp³-hybridized carbons (Fsp3) is 0.520. The second-order valence-electron chi connectivity index (χ2n) is 10.9. The Kier molecular flexibility index (Phi) is 5.78. The van der Waals surface area contributed by atoms with Crippen molar-refractivity contribution < 1.29 is 18.6 Å². The highest BCUT2D eigenvalue weighted by Gasteiger charge is 2.52. The van der Waals surface area contributed by atoms with Crippen molar-refractivity contribution in [1.29, 1.82) is 0 Å². The van der Waals surface area contributed by atoms with E-state index < -0.39 is 0 Å². The van der Waals surface area contributed by atoms with E-state index in [0.717, 1.165) is 16.6 Å². The Morgan fingerprint density at radius 1 is 0.625 bits per heavy atom. The van der Waals surface area contributed by atoms with Gasteiger partial charge < -0.3 is 23.9 Å². The topological polar surface area (TPSA) is 49.0 Å². The van der Waals surface area contributed by atoms with Gasteiger partial charge in [-0.1, -0.05) is 36.4 Å². The highest BCUT2D eigenvalue weighted by molar-refractivity contribution is 6.62. The van der Waals surface area contributed by atoms with Gasteiger partial charge in [-0.15, -0.1) is 0 Å². The van der Waals surface area contributed by atoms with Crippen molar-refractivity contribution in [1.82, 2.24) is 0 Å². The Bertz CT molecular complexity index is 878. The first kappa shape index (κ1) is 23.4. The molecule has 4 rings (SSSR count).